The van der Waals surface area contributed by atoms with Crippen molar-refractivity contribution in [3.05, 3.63) is 47.1 Å². The number of nitrogens with one attached hydrogen (secondary N) is 1. The lowest BCUT2D eigenvalue weighted by Gasteiger charge is -2.33. The molecule has 0 amide bonds. The van der Waals surface area contributed by atoms with Crippen LogP contribution in [0.1, 0.15) is 5.56 Å². The summed E-state index contributed by atoms with van der Waals surface area (Å²) in [5.74, 6) is 1.94. The fraction of sp³-hybridized carbons (Fsp3) is 0.368. The Morgan fingerprint density at radius 1 is 1.25 bits per heavy atom. The van der Waals surface area contributed by atoms with Crippen LogP contribution in [0.2, 0.25) is 5.02 Å². The largest absolute Gasteiger partial charge is 0.495 e. The summed E-state index contributed by atoms with van der Waals surface area (Å²) < 4.78 is 5.13. The van der Waals surface area contributed by atoms with Gasteiger partial charge in [-0.15, -0.1) is 24.0 Å². The minimum atomic E-state index is 0. The Labute approximate surface area is 187 Å². The Hall–Kier alpha value is -1.78. The molecule has 0 aliphatic carbocycles. The van der Waals surface area contributed by atoms with Crippen LogP contribution in [0.15, 0.2) is 41.5 Å². The molecule has 1 aliphatic rings. The van der Waals surface area contributed by atoms with Crippen LogP contribution in [0.5, 0.6) is 5.75 Å². The van der Waals surface area contributed by atoms with Crippen molar-refractivity contribution in [1.29, 1.82) is 0 Å². The van der Waals surface area contributed by atoms with Gasteiger partial charge in [0, 0.05) is 38.1 Å². The number of aromatic nitrogens is 1. The van der Waals surface area contributed by atoms with E-state index < -0.39 is 0 Å². The van der Waals surface area contributed by atoms with Crippen molar-refractivity contribution in [2.75, 3.05) is 50.6 Å². The number of hydrogen-bond donors (Lipinski definition) is 2. The number of piperazine rings is 1. The molecule has 152 valence electrons. The number of halogens is 2. The fourth-order valence-corrected chi connectivity index (χ4v) is 3.10. The number of aliphatic imine (C=N–C) groups is 1. The molecule has 9 heteroatoms. The maximum Gasteiger partial charge on any atom is 0.193 e. The highest BCUT2D eigenvalue weighted by atomic mass is 127. The molecule has 1 aliphatic heterocycles. The summed E-state index contributed by atoms with van der Waals surface area (Å²) in [7, 11) is 3.72. The maximum atomic E-state index is 6.11. The molecular formula is C19H26ClIN6O. The van der Waals surface area contributed by atoms with Gasteiger partial charge in [0.25, 0.3) is 0 Å². The molecule has 0 unspecified atom stereocenters. The molecule has 0 atom stereocenters. The van der Waals surface area contributed by atoms with Gasteiger partial charge < -0.3 is 25.6 Å². The van der Waals surface area contributed by atoms with E-state index >= 15 is 0 Å². The third kappa shape index (κ3) is 6.11. The Morgan fingerprint density at radius 3 is 2.61 bits per heavy atom. The van der Waals surface area contributed by atoms with E-state index in [0.29, 0.717) is 23.3 Å². The van der Waals surface area contributed by atoms with E-state index in [1.165, 1.54) is 0 Å². The van der Waals surface area contributed by atoms with Crippen molar-refractivity contribution in [3.63, 3.8) is 0 Å². The third-order valence-corrected chi connectivity index (χ3v) is 4.79. The molecule has 1 aromatic carbocycles. The Bertz CT molecular complexity index is 794. The molecule has 0 spiro atoms. The number of rotatable bonds is 5. The molecule has 2 aromatic rings. The minimum absolute atomic E-state index is 0. The number of benzene rings is 1. The molecule has 0 radical (unpaired) electrons. The standard InChI is InChI=1S/C19H25ClN6O.HI/c1-25-7-9-26(10-8-25)18-6-3-14(12-22-18)13-23-19(21)24-15-4-5-17(27-2)16(20)11-15;/h3-6,11-12H,7-10,13H2,1-2H3,(H3,21,23,24);1H. The molecule has 1 fully saturated rings. The van der Waals surface area contributed by atoms with Gasteiger partial charge in [0.1, 0.15) is 11.6 Å². The molecule has 0 saturated carbocycles. The molecule has 2 heterocycles. The molecule has 3 rings (SSSR count). The number of likely N-dealkylation sites (N-methyl/N-ethyl adjacent to an activating group) is 1. The van der Waals surface area contributed by atoms with Crippen LogP contribution in [-0.4, -0.2) is 56.2 Å². The molecule has 28 heavy (non-hydrogen) atoms. The average molecular weight is 517 g/mol. The van der Waals surface area contributed by atoms with Crippen molar-refractivity contribution in [2.24, 2.45) is 10.7 Å². The maximum absolute atomic E-state index is 6.11. The molecule has 0 bridgehead atoms. The fourth-order valence-electron chi connectivity index (χ4n) is 2.84. The van der Waals surface area contributed by atoms with Crippen molar-refractivity contribution in [3.8, 4) is 5.75 Å². The zero-order valence-electron chi connectivity index (χ0n) is 16.1. The van der Waals surface area contributed by atoms with Gasteiger partial charge in [0.2, 0.25) is 0 Å². The zero-order chi connectivity index (χ0) is 19.2. The second-order valence-corrected chi connectivity index (χ2v) is 6.90. The molecular weight excluding hydrogens is 491 g/mol. The number of nitrogens with zero attached hydrogens (tertiary/aromatic N) is 4. The second kappa shape index (κ2) is 10.7. The first-order valence-electron chi connectivity index (χ1n) is 8.84. The smallest absolute Gasteiger partial charge is 0.193 e. The third-order valence-electron chi connectivity index (χ3n) is 4.49. The monoisotopic (exact) mass is 516 g/mol. The van der Waals surface area contributed by atoms with Gasteiger partial charge in [-0.2, -0.15) is 0 Å². The predicted octanol–water partition coefficient (Wildman–Crippen LogP) is 3.04. The van der Waals surface area contributed by atoms with Gasteiger partial charge in [0.05, 0.1) is 18.7 Å². The lowest BCUT2D eigenvalue weighted by Crippen LogP contribution is -2.44. The Kier molecular flexibility index (Phi) is 8.58. The summed E-state index contributed by atoms with van der Waals surface area (Å²) in [6.07, 6.45) is 1.86. The van der Waals surface area contributed by atoms with Crippen molar-refractivity contribution >= 4 is 53.0 Å². The van der Waals surface area contributed by atoms with E-state index in [1.807, 2.05) is 24.4 Å². The van der Waals surface area contributed by atoms with Gasteiger partial charge in [-0.05, 0) is 36.9 Å². The van der Waals surface area contributed by atoms with Crippen molar-refractivity contribution < 1.29 is 4.74 Å². The highest BCUT2D eigenvalue weighted by Gasteiger charge is 2.14. The predicted molar refractivity (Wildman–Crippen MR) is 126 cm³/mol. The number of ether oxygens (including phenoxy) is 1. The Balaban J connectivity index is 0.00000280. The molecule has 1 aromatic heterocycles. The lowest BCUT2D eigenvalue weighted by atomic mass is 10.2. The summed E-state index contributed by atoms with van der Waals surface area (Å²) in [4.78, 5) is 13.6. The number of anilines is 2. The van der Waals surface area contributed by atoms with Gasteiger partial charge in [-0.25, -0.2) is 9.98 Å². The van der Waals surface area contributed by atoms with Gasteiger partial charge in [-0.3, -0.25) is 0 Å². The summed E-state index contributed by atoms with van der Waals surface area (Å²) >= 11 is 6.11. The van der Waals surface area contributed by atoms with Crippen LogP contribution in [0, 0.1) is 0 Å². The van der Waals surface area contributed by atoms with Gasteiger partial charge in [0.15, 0.2) is 5.96 Å². The zero-order valence-corrected chi connectivity index (χ0v) is 19.1. The quantitative estimate of drug-likeness (QED) is 0.361. The first-order valence-corrected chi connectivity index (χ1v) is 9.22. The van der Waals surface area contributed by atoms with Crippen molar-refractivity contribution in [1.82, 2.24) is 9.88 Å². The van der Waals surface area contributed by atoms with E-state index in [1.54, 1.807) is 19.2 Å². The lowest BCUT2D eigenvalue weighted by molar-refractivity contribution is 0.312. The summed E-state index contributed by atoms with van der Waals surface area (Å²) in [6.45, 7) is 4.58. The summed E-state index contributed by atoms with van der Waals surface area (Å²) in [5.41, 5.74) is 7.73. The van der Waals surface area contributed by atoms with Crippen molar-refractivity contribution in [2.45, 2.75) is 6.54 Å². The van der Waals surface area contributed by atoms with Crippen LogP contribution in [-0.2, 0) is 6.54 Å². The number of hydrogen-bond acceptors (Lipinski definition) is 5. The van der Waals surface area contributed by atoms with Crippen LogP contribution >= 0.6 is 35.6 Å². The van der Waals surface area contributed by atoms with Crippen LogP contribution in [0.4, 0.5) is 11.5 Å². The van der Waals surface area contributed by atoms with E-state index in [0.717, 1.165) is 43.2 Å². The molecule has 7 nitrogen and oxygen atoms in total. The number of methoxy groups -OCH3 is 1. The van der Waals surface area contributed by atoms with Gasteiger partial charge in [-0.1, -0.05) is 17.7 Å². The van der Waals surface area contributed by atoms with Crippen LogP contribution in [0.3, 0.4) is 0 Å². The molecule has 1 saturated heterocycles. The topological polar surface area (TPSA) is 79.0 Å². The first-order chi connectivity index (χ1) is 13.0. The van der Waals surface area contributed by atoms with E-state index in [4.69, 9.17) is 22.1 Å². The number of nitrogens with two attached hydrogens (primary N) is 1. The normalized spacial score (nSPS) is 15.1. The van der Waals surface area contributed by atoms with E-state index in [9.17, 15) is 0 Å². The molecule has 3 N–H and O–H groups in total. The first kappa shape index (κ1) is 22.5. The van der Waals surface area contributed by atoms with Crippen LogP contribution < -0.4 is 20.7 Å². The highest BCUT2D eigenvalue weighted by molar-refractivity contribution is 14.0. The highest BCUT2D eigenvalue weighted by Crippen LogP contribution is 2.27. The van der Waals surface area contributed by atoms with Gasteiger partial charge >= 0.3 is 0 Å². The summed E-state index contributed by atoms with van der Waals surface area (Å²) in [5, 5.41) is 3.54. The summed E-state index contributed by atoms with van der Waals surface area (Å²) in [6, 6.07) is 9.44. The second-order valence-electron chi connectivity index (χ2n) is 6.49. The van der Waals surface area contributed by atoms with E-state index in [2.05, 4.69) is 32.1 Å². The SMILES string of the molecule is COc1ccc(NC(N)=NCc2ccc(N3CCN(C)CC3)nc2)cc1Cl.I. The average Bonchev–Trinajstić information content (AvgIpc) is 2.68. The Morgan fingerprint density at radius 2 is 2.00 bits per heavy atom. The minimum Gasteiger partial charge on any atom is -0.495 e. The number of pyridine rings is 1. The van der Waals surface area contributed by atoms with E-state index in [-0.39, 0.29) is 24.0 Å². The number of guanidine groups is 1. The van der Waals surface area contributed by atoms with Crippen LogP contribution in [0.25, 0.3) is 0 Å².